The van der Waals surface area contributed by atoms with Gasteiger partial charge in [0.15, 0.2) is 5.58 Å². The molecule has 0 saturated heterocycles. The summed E-state index contributed by atoms with van der Waals surface area (Å²) in [4.78, 5) is 34.3. The van der Waals surface area contributed by atoms with E-state index in [0.29, 0.717) is 5.56 Å². The number of nitro groups is 1. The number of carbonyl (C=O) groups excluding carboxylic acids is 1. The Labute approximate surface area is 153 Å². The van der Waals surface area contributed by atoms with Gasteiger partial charge in [-0.2, -0.15) is 0 Å². The number of fused-ring (bicyclic) bond motifs is 1. The summed E-state index contributed by atoms with van der Waals surface area (Å²) in [5.41, 5.74) is 1.83. The number of carbonyl (C=O) groups is 1. The Morgan fingerprint density at radius 2 is 2.07 bits per heavy atom. The Bertz CT molecular complexity index is 1180. The summed E-state index contributed by atoms with van der Waals surface area (Å²) in [5, 5.41) is 11.3. The number of non-ortho nitro benzene ring substituents is 1. The molecule has 0 aliphatic carbocycles. The zero-order chi connectivity index (χ0) is 19.6. The van der Waals surface area contributed by atoms with Crippen LogP contribution in [0.2, 0.25) is 0 Å². The van der Waals surface area contributed by atoms with Crippen molar-refractivity contribution in [2.24, 2.45) is 0 Å². The maximum absolute atomic E-state index is 12.1. The summed E-state index contributed by atoms with van der Waals surface area (Å²) in [7, 11) is 1.18. The zero-order valence-corrected chi connectivity index (χ0v) is 14.5. The number of nitrogens with zero attached hydrogens (tertiary/aromatic N) is 2. The topological polar surface area (TPSA) is 105 Å². The lowest BCUT2D eigenvalue weighted by Gasteiger charge is -2.01. The number of methoxy groups -OCH3 is 1. The molecule has 3 rings (SSSR count). The molecule has 0 fully saturated rings. The largest absolute Gasteiger partial charge is 0.468 e. The maximum Gasteiger partial charge on any atom is 0.420 e. The molecule has 1 aromatic heterocycles. The van der Waals surface area contributed by atoms with Crippen LogP contribution in [0.25, 0.3) is 11.1 Å². The van der Waals surface area contributed by atoms with Crippen LogP contribution in [0.1, 0.15) is 16.7 Å². The first-order valence-corrected chi connectivity index (χ1v) is 7.86. The van der Waals surface area contributed by atoms with Gasteiger partial charge in [0.05, 0.1) is 23.1 Å². The predicted molar refractivity (Wildman–Crippen MR) is 96.3 cm³/mol. The van der Waals surface area contributed by atoms with Crippen molar-refractivity contribution in [1.82, 2.24) is 4.57 Å². The van der Waals surface area contributed by atoms with Crippen LogP contribution in [0.3, 0.4) is 0 Å². The normalized spacial score (nSPS) is 10.3. The van der Waals surface area contributed by atoms with E-state index in [-0.39, 0.29) is 22.4 Å². The van der Waals surface area contributed by atoms with Gasteiger partial charge in [-0.1, -0.05) is 24.0 Å². The van der Waals surface area contributed by atoms with Gasteiger partial charge in [0, 0.05) is 17.7 Å². The van der Waals surface area contributed by atoms with Gasteiger partial charge in [-0.15, -0.1) is 0 Å². The molecule has 0 N–H and O–H groups in total. The minimum atomic E-state index is -0.825. The molecule has 3 aromatic rings. The fraction of sp³-hybridized carbons (Fsp3) is 0.158. The Balaban J connectivity index is 2.20. The van der Waals surface area contributed by atoms with Crippen LogP contribution >= 0.6 is 0 Å². The van der Waals surface area contributed by atoms with E-state index in [1.165, 1.54) is 19.2 Å². The van der Waals surface area contributed by atoms with E-state index in [4.69, 9.17) is 4.42 Å². The fourth-order valence-corrected chi connectivity index (χ4v) is 2.55. The van der Waals surface area contributed by atoms with Crippen molar-refractivity contribution in [1.29, 1.82) is 0 Å². The monoisotopic (exact) mass is 366 g/mol. The standard InChI is InChI=1S/C19H14N2O6/c1-12-4-3-5-13(8-12)6-7-14-9-15(21(24)25)10-16-18(14)27-19(23)20(16)11-17(22)26-2/h3-5,8-10H,11H2,1-2H3. The van der Waals surface area contributed by atoms with Crippen LogP contribution in [0.15, 0.2) is 45.6 Å². The zero-order valence-electron chi connectivity index (χ0n) is 14.5. The first-order chi connectivity index (χ1) is 12.9. The lowest BCUT2D eigenvalue weighted by Crippen LogP contribution is -2.20. The molecular formula is C19H14N2O6. The molecule has 27 heavy (non-hydrogen) atoms. The highest BCUT2D eigenvalue weighted by atomic mass is 16.6. The summed E-state index contributed by atoms with van der Waals surface area (Å²) in [6.45, 7) is 1.50. The minimum Gasteiger partial charge on any atom is -0.468 e. The van der Waals surface area contributed by atoms with E-state index in [1.54, 1.807) is 6.07 Å². The molecule has 0 amide bonds. The third-order valence-corrected chi connectivity index (χ3v) is 3.84. The Morgan fingerprint density at radius 1 is 1.30 bits per heavy atom. The van der Waals surface area contributed by atoms with E-state index in [1.807, 2.05) is 25.1 Å². The molecule has 0 aliphatic rings. The van der Waals surface area contributed by atoms with Crippen molar-refractivity contribution in [2.45, 2.75) is 13.5 Å². The van der Waals surface area contributed by atoms with Crippen molar-refractivity contribution in [3.63, 3.8) is 0 Å². The number of rotatable bonds is 3. The quantitative estimate of drug-likeness (QED) is 0.305. The van der Waals surface area contributed by atoms with E-state index >= 15 is 0 Å². The molecule has 0 bridgehead atoms. The van der Waals surface area contributed by atoms with E-state index in [9.17, 15) is 19.7 Å². The highest BCUT2D eigenvalue weighted by molar-refractivity contribution is 5.84. The molecule has 8 nitrogen and oxygen atoms in total. The molecule has 0 spiro atoms. The molecule has 1 heterocycles. The number of hydrogen-bond acceptors (Lipinski definition) is 6. The first kappa shape index (κ1) is 17.9. The second-order valence-corrected chi connectivity index (χ2v) is 5.75. The number of hydrogen-bond donors (Lipinski definition) is 0. The van der Waals surface area contributed by atoms with Crippen LogP contribution in [-0.2, 0) is 16.1 Å². The van der Waals surface area contributed by atoms with Gasteiger partial charge in [-0.3, -0.25) is 19.5 Å². The third-order valence-electron chi connectivity index (χ3n) is 3.84. The molecule has 0 aliphatic heterocycles. The number of esters is 1. The van der Waals surface area contributed by atoms with Crippen LogP contribution in [0.4, 0.5) is 5.69 Å². The van der Waals surface area contributed by atoms with Gasteiger partial charge in [0.1, 0.15) is 6.54 Å². The summed E-state index contributed by atoms with van der Waals surface area (Å²) in [5.74, 6) is 4.22. The van der Waals surface area contributed by atoms with Gasteiger partial charge >= 0.3 is 11.7 Å². The Morgan fingerprint density at radius 3 is 2.74 bits per heavy atom. The van der Waals surface area contributed by atoms with Crippen LogP contribution < -0.4 is 5.76 Å². The lowest BCUT2D eigenvalue weighted by atomic mass is 10.1. The number of benzene rings is 2. The maximum atomic E-state index is 12.1. The van der Waals surface area contributed by atoms with Crippen LogP contribution in [-0.4, -0.2) is 22.6 Å². The summed E-state index contributed by atoms with van der Waals surface area (Å²) < 4.78 is 10.7. The Hall–Kier alpha value is -3.86. The van der Waals surface area contributed by atoms with Crippen LogP contribution in [0, 0.1) is 28.9 Å². The van der Waals surface area contributed by atoms with E-state index in [0.717, 1.165) is 10.1 Å². The number of oxazole rings is 1. The summed E-state index contributed by atoms with van der Waals surface area (Å²) >= 11 is 0. The molecule has 2 aromatic carbocycles. The molecular weight excluding hydrogens is 352 g/mol. The molecule has 0 atom stereocenters. The van der Waals surface area contributed by atoms with Crippen molar-refractivity contribution in [3.05, 3.63) is 73.8 Å². The van der Waals surface area contributed by atoms with Crippen molar-refractivity contribution >= 4 is 22.8 Å². The second kappa shape index (κ2) is 7.17. The first-order valence-electron chi connectivity index (χ1n) is 7.86. The third kappa shape index (κ3) is 3.72. The Kier molecular flexibility index (Phi) is 4.77. The average Bonchev–Trinajstić information content (AvgIpc) is 2.95. The van der Waals surface area contributed by atoms with Crippen molar-refractivity contribution in [3.8, 4) is 11.8 Å². The summed E-state index contributed by atoms with van der Waals surface area (Å²) in [6, 6.07) is 9.82. The van der Waals surface area contributed by atoms with Crippen LogP contribution in [0.5, 0.6) is 0 Å². The van der Waals surface area contributed by atoms with Gasteiger partial charge in [0.25, 0.3) is 5.69 Å². The second-order valence-electron chi connectivity index (χ2n) is 5.75. The highest BCUT2D eigenvalue weighted by Gasteiger charge is 2.20. The number of aryl methyl sites for hydroxylation is 1. The minimum absolute atomic E-state index is 0.0784. The smallest absolute Gasteiger partial charge is 0.420 e. The van der Waals surface area contributed by atoms with Crippen molar-refractivity contribution in [2.75, 3.05) is 7.11 Å². The predicted octanol–water partition coefficient (Wildman–Crippen LogP) is 2.38. The van der Waals surface area contributed by atoms with Gasteiger partial charge in [-0.25, -0.2) is 4.79 Å². The number of nitro benzene ring substituents is 1. The molecule has 0 radical (unpaired) electrons. The number of ether oxygens (including phenoxy) is 1. The lowest BCUT2D eigenvalue weighted by molar-refractivity contribution is -0.384. The molecule has 136 valence electrons. The highest BCUT2D eigenvalue weighted by Crippen LogP contribution is 2.24. The average molecular weight is 366 g/mol. The summed E-state index contributed by atoms with van der Waals surface area (Å²) in [6.07, 6.45) is 0. The van der Waals surface area contributed by atoms with E-state index in [2.05, 4.69) is 16.6 Å². The number of aromatic nitrogens is 1. The van der Waals surface area contributed by atoms with E-state index < -0.39 is 23.2 Å². The van der Waals surface area contributed by atoms with Gasteiger partial charge in [-0.05, 0) is 24.6 Å². The van der Waals surface area contributed by atoms with Gasteiger partial charge < -0.3 is 9.15 Å². The molecule has 0 unspecified atom stereocenters. The molecule has 8 heteroatoms. The van der Waals surface area contributed by atoms with Crippen molar-refractivity contribution < 1.29 is 18.9 Å². The van der Waals surface area contributed by atoms with Gasteiger partial charge in [0.2, 0.25) is 0 Å². The SMILES string of the molecule is COC(=O)Cn1c(=O)oc2c(C#Cc3cccc(C)c3)cc([N+](=O)[O-])cc21. The molecule has 0 saturated carbocycles. The fourth-order valence-electron chi connectivity index (χ4n) is 2.55.